The number of nitrogens with one attached hydrogen (secondary N) is 2. The number of fused-ring (bicyclic) bond motifs is 1. The molecular weight excluding hydrogens is 505 g/mol. The second kappa shape index (κ2) is 12.7. The minimum Gasteiger partial charge on any atom is -0.476 e. The molecule has 0 aliphatic heterocycles. The zero-order valence-corrected chi connectivity index (χ0v) is 22.9. The van der Waals surface area contributed by atoms with Gasteiger partial charge in [-0.2, -0.15) is 9.49 Å². The van der Waals surface area contributed by atoms with Gasteiger partial charge in [0.25, 0.3) is 0 Å². The smallest absolute Gasteiger partial charge is 0.245 e. The second-order valence-corrected chi connectivity index (χ2v) is 10.1. The molecule has 0 atom stereocenters. The fourth-order valence-electron chi connectivity index (χ4n) is 4.85. The third-order valence-corrected chi connectivity index (χ3v) is 7.18. The van der Waals surface area contributed by atoms with Crippen molar-refractivity contribution in [2.45, 2.75) is 19.3 Å². The molecular formula is C32H34FN5O2. The summed E-state index contributed by atoms with van der Waals surface area (Å²) in [6, 6.07) is 20.1. The molecule has 2 heterocycles. The zero-order valence-electron chi connectivity index (χ0n) is 22.9. The standard InChI is InChI=1S/C32H34FN5O2/c1-38(2)29(39)12-7-17-34-18-19-40-28-16-14-25(21-35-28)31(24-13-15-27-26(20-24)32(33)37-36-27)30(23-10-6-11-23)22-8-4-3-5-9-22/h3-5,7-9,12-16,20-21,23,34H,6,10-11,17-19H2,1-2H3,(H,36,37). The molecule has 40 heavy (non-hydrogen) atoms. The van der Waals surface area contributed by atoms with E-state index >= 15 is 0 Å². The molecule has 5 rings (SSSR count). The normalized spacial score (nSPS) is 14.3. The molecule has 0 spiro atoms. The molecule has 1 saturated carbocycles. The number of hydrogen-bond donors (Lipinski definition) is 2. The first-order valence-electron chi connectivity index (χ1n) is 13.6. The Morgan fingerprint density at radius 1 is 1.10 bits per heavy atom. The monoisotopic (exact) mass is 539 g/mol. The summed E-state index contributed by atoms with van der Waals surface area (Å²) in [6.07, 6.45) is 8.62. The molecule has 1 aliphatic carbocycles. The van der Waals surface area contributed by atoms with E-state index in [1.165, 1.54) is 22.5 Å². The van der Waals surface area contributed by atoms with Crippen LogP contribution in [0.15, 0.2) is 79.0 Å². The quantitative estimate of drug-likeness (QED) is 0.150. The van der Waals surface area contributed by atoms with E-state index < -0.39 is 5.95 Å². The van der Waals surface area contributed by atoms with E-state index in [4.69, 9.17) is 4.74 Å². The Morgan fingerprint density at radius 2 is 1.90 bits per heavy atom. The number of rotatable bonds is 11. The van der Waals surface area contributed by atoms with Crippen LogP contribution in [-0.4, -0.2) is 59.8 Å². The van der Waals surface area contributed by atoms with Crippen LogP contribution in [0.25, 0.3) is 22.0 Å². The van der Waals surface area contributed by atoms with Gasteiger partial charge in [-0.1, -0.05) is 48.9 Å². The molecule has 8 heteroatoms. The lowest BCUT2D eigenvalue weighted by Crippen LogP contribution is -2.22. The summed E-state index contributed by atoms with van der Waals surface area (Å²) in [5.74, 6) is 0.477. The van der Waals surface area contributed by atoms with Crippen molar-refractivity contribution in [1.29, 1.82) is 0 Å². The van der Waals surface area contributed by atoms with Gasteiger partial charge >= 0.3 is 0 Å². The third kappa shape index (κ3) is 6.29. The van der Waals surface area contributed by atoms with E-state index in [9.17, 15) is 9.18 Å². The van der Waals surface area contributed by atoms with Crippen molar-refractivity contribution in [1.82, 2.24) is 25.4 Å². The van der Waals surface area contributed by atoms with E-state index in [1.54, 1.807) is 26.2 Å². The van der Waals surface area contributed by atoms with Gasteiger partial charge in [-0.05, 0) is 59.2 Å². The minimum atomic E-state index is -0.434. The number of benzene rings is 2. The summed E-state index contributed by atoms with van der Waals surface area (Å²) < 4.78 is 20.3. The van der Waals surface area contributed by atoms with Gasteiger partial charge in [0.15, 0.2) is 0 Å². The van der Waals surface area contributed by atoms with Crippen molar-refractivity contribution in [2.24, 2.45) is 5.92 Å². The maximum atomic E-state index is 14.5. The van der Waals surface area contributed by atoms with Crippen LogP contribution >= 0.6 is 0 Å². The molecule has 0 radical (unpaired) electrons. The first kappa shape index (κ1) is 27.3. The molecule has 7 nitrogen and oxygen atoms in total. The average Bonchev–Trinajstić information content (AvgIpc) is 3.32. The summed E-state index contributed by atoms with van der Waals surface area (Å²) in [7, 11) is 3.44. The summed E-state index contributed by atoms with van der Waals surface area (Å²) in [5.41, 5.74) is 5.96. The third-order valence-electron chi connectivity index (χ3n) is 7.18. The Bertz CT molecular complexity index is 1510. The number of H-pyrrole nitrogens is 1. The van der Waals surface area contributed by atoms with E-state index in [0.29, 0.717) is 42.4 Å². The van der Waals surface area contributed by atoms with Crippen molar-refractivity contribution >= 4 is 28.0 Å². The first-order chi connectivity index (χ1) is 19.5. The lowest BCUT2D eigenvalue weighted by atomic mass is 9.73. The van der Waals surface area contributed by atoms with Gasteiger partial charge < -0.3 is 15.0 Å². The van der Waals surface area contributed by atoms with E-state index in [-0.39, 0.29) is 5.91 Å². The summed E-state index contributed by atoms with van der Waals surface area (Å²) in [5, 5.41) is 10.2. The molecule has 2 aromatic heterocycles. The number of hydrogen-bond acceptors (Lipinski definition) is 5. The van der Waals surface area contributed by atoms with Crippen LogP contribution in [0.5, 0.6) is 5.88 Å². The number of amides is 1. The van der Waals surface area contributed by atoms with Crippen molar-refractivity contribution in [3.05, 3.63) is 102 Å². The van der Waals surface area contributed by atoms with Crippen molar-refractivity contribution in [3.63, 3.8) is 0 Å². The van der Waals surface area contributed by atoms with Crippen LogP contribution in [0, 0.1) is 11.9 Å². The number of nitrogens with zero attached hydrogens (tertiary/aromatic N) is 3. The number of carbonyl (C=O) groups is 1. The van der Waals surface area contributed by atoms with E-state index in [1.807, 2.05) is 42.6 Å². The highest BCUT2D eigenvalue weighted by Gasteiger charge is 2.27. The number of carbonyl (C=O) groups excluding carboxylic acids is 1. The maximum absolute atomic E-state index is 14.5. The number of pyridine rings is 1. The molecule has 0 saturated heterocycles. The van der Waals surface area contributed by atoms with Gasteiger partial charge in [0.1, 0.15) is 6.61 Å². The SMILES string of the molecule is CN(C)C(=O)C=CCNCCOc1ccc(C(=C(c2ccccc2)C2CCC2)c2ccc3n[nH]c(F)c3c2)cn1. The zero-order chi connectivity index (χ0) is 27.9. The minimum absolute atomic E-state index is 0.0432. The second-order valence-electron chi connectivity index (χ2n) is 10.1. The van der Waals surface area contributed by atoms with Crippen LogP contribution in [0.1, 0.15) is 36.0 Å². The predicted molar refractivity (Wildman–Crippen MR) is 156 cm³/mol. The topological polar surface area (TPSA) is 83.1 Å². The highest BCUT2D eigenvalue weighted by atomic mass is 19.1. The number of halogens is 1. The Hall–Kier alpha value is -4.30. The van der Waals surface area contributed by atoms with Gasteiger partial charge in [-0.15, -0.1) is 0 Å². The highest BCUT2D eigenvalue weighted by molar-refractivity contribution is 6.01. The number of allylic oxidation sites excluding steroid dienone is 1. The molecule has 2 aromatic carbocycles. The van der Waals surface area contributed by atoms with Gasteiger partial charge in [0.05, 0.1) is 10.9 Å². The predicted octanol–water partition coefficient (Wildman–Crippen LogP) is 5.47. The van der Waals surface area contributed by atoms with Gasteiger partial charge in [-0.25, -0.2) is 4.98 Å². The Labute approximate surface area is 233 Å². The largest absolute Gasteiger partial charge is 0.476 e. The molecule has 1 aliphatic rings. The van der Waals surface area contributed by atoms with Crippen molar-refractivity contribution < 1.29 is 13.9 Å². The van der Waals surface area contributed by atoms with Gasteiger partial charge in [-0.3, -0.25) is 9.89 Å². The van der Waals surface area contributed by atoms with Crippen LogP contribution in [0.2, 0.25) is 0 Å². The number of aromatic amines is 1. The first-order valence-corrected chi connectivity index (χ1v) is 13.6. The summed E-state index contributed by atoms with van der Waals surface area (Å²) in [4.78, 5) is 17.7. The van der Waals surface area contributed by atoms with Gasteiger partial charge in [0, 0.05) is 51.1 Å². The number of aromatic nitrogens is 3. The van der Waals surface area contributed by atoms with Crippen LogP contribution in [0.3, 0.4) is 0 Å². The highest BCUT2D eigenvalue weighted by Crippen LogP contribution is 2.45. The maximum Gasteiger partial charge on any atom is 0.245 e. The fourth-order valence-corrected chi connectivity index (χ4v) is 4.85. The van der Waals surface area contributed by atoms with Gasteiger partial charge in [0.2, 0.25) is 17.7 Å². The van der Waals surface area contributed by atoms with E-state index in [0.717, 1.165) is 29.5 Å². The molecule has 0 unspecified atom stereocenters. The molecule has 1 amide bonds. The van der Waals surface area contributed by atoms with Crippen LogP contribution < -0.4 is 10.1 Å². The number of ether oxygens (including phenoxy) is 1. The molecule has 1 fully saturated rings. The fraction of sp³-hybridized carbons (Fsp3) is 0.281. The Kier molecular flexibility index (Phi) is 8.66. The van der Waals surface area contributed by atoms with E-state index in [2.05, 4.69) is 44.8 Å². The lowest BCUT2D eigenvalue weighted by Gasteiger charge is -2.31. The average molecular weight is 540 g/mol. The molecule has 206 valence electrons. The number of likely N-dealkylation sites (N-methyl/N-ethyl adjacent to an activating group) is 1. The summed E-state index contributed by atoms with van der Waals surface area (Å²) >= 11 is 0. The van der Waals surface area contributed by atoms with Crippen molar-refractivity contribution in [3.8, 4) is 5.88 Å². The molecule has 0 bridgehead atoms. The molecule has 4 aromatic rings. The molecule has 2 N–H and O–H groups in total. The summed E-state index contributed by atoms with van der Waals surface area (Å²) in [6.45, 7) is 1.64. The van der Waals surface area contributed by atoms with Crippen molar-refractivity contribution in [2.75, 3.05) is 33.8 Å². The van der Waals surface area contributed by atoms with Crippen LogP contribution in [-0.2, 0) is 4.79 Å². The van der Waals surface area contributed by atoms with Crippen LogP contribution in [0.4, 0.5) is 4.39 Å². The lowest BCUT2D eigenvalue weighted by molar-refractivity contribution is -0.123. The Balaban J connectivity index is 1.39. The Morgan fingerprint density at radius 3 is 2.60 bits per heavy atom.